The van der Waals surface area contributed by atoms with Gasteiger partial charge in [-0.15, -0.1) is 13.2 Å². The number of benzene rings is 1. The second-order valence-corrected chi connectivity index (χ2v) is 3.41. The minimum absolute atomic E-state index is 0.327. The van der Waals surface area contributed by atoms with Crippen molar-refractivity contribution in [1.29, 1.82) is 0 Å². The standard InChI is InChI=1S/C11H8F3NO2/c1-2-7-8-5-6(17-11(12,13)14)3-4-9(8)15-10(7)16/h2-5H,1H3,(H,15,16)/b7-2+. The summed E-state index contributed by atoms with van der Waals surface area (Å²) in [5, 5.41) is 2.54. The first-order valence-electron chi connectivity index (χ1n) is 4.78. The van der Waals surface area contributed by atoms with Crippen molar-refractivity contribution in [2.75, 3.05) is 5.32 Å². The minimum atomic E-state index is -4.74. The molecule has 0 unspecified atom stereocenters. The van der Waals surface area contributed by atoms with Crippen LogP contribution in [0, 0.1) is 0 Å². The number of ether oxygens (including phenoxy) is 1. The molecular formula is C11H8F3NO2. The first kappa shape index (κ1) is 11.5. The second kappa shape index (κ2) is 3.80. The molecule has 1 aromatic carbocycles. The molecule has 0 saturated carbocycles. The van der Waals surface area contributed by atoms with Gasteiger partial charge in [0.05, 0.1) is 0 Å². The van der Waals surface area contributed by atoms with Gasteiger partial charge in [0.2, 0.25) is 0 Å². The minimum Gasteiger partial charge on any atom is -0.406 e. The fourth-order valence-corrected chi connectivity index (χ4v) is 1.65. The molecule has 0 aromatic heterocycles. The number of carbonyl (C=O) groups excluding carboxylic acids is 1. The zero-order valence-corrected chi connectivity index (χ0v) is 8.76. The van der Waals surface area contributed by atoms with Crippen molar-refractivity contribution in [3.63, 3.8) is 0 Å². The SMILES string of the molecule is C/C=C1/C(=O)Nc2ccc(OC(F)(F)F)cc21. The van der Waals surface area contributed by atoms with E-state index in [9.17, 15) is 18.0 Å². The Hall–Kier alpha value is -1.98. The van der Waals surface area contributed by atoms with Gasteiger partial charge in [0, 0.05) is 16.8 Å². The van der Waals surface area contributed by atoms with Gasteiger partial charge < -0.3 is 10.1 Å². The molecule has 1 aromatic rings. The van der Waals surface area contributed by atoms with Crippen molar-refractivity contribution < 1.29 is 22.7 Å². The van der Waals surface area contributed by atoms with E-state index in [2.05, 4.69) is 10.1 Å². The van der Waals surface area contributed by atoms with Gasteiger partial charge in [-0.05, 0) is 25.1 Å². The lowest BCUT2D eigenvalue weighted by atomic mass is 10.1. The molecule has 0 spiro atoms. The maximum absolute atomic E-state index is 12.0. The lowest BCUT2D eigenvalue weighted by Crippen LogP contribution is -2.17. The highest BCUT2D eigenvalue weighted by Crippen LogP contribution is 2.35. The van der Waals surface area contributed by atoms with E-state index in [-0.39, 0.29) is 11.7 Å². The maximum Gasteiger partial charge on any atom is 0.573 e. The van der Waals surface area contributed by atoms with Crippen molar-refractivity contribution in [3.8, 4) is 5.75 Å². The number of hydrogen-bond acceptors (Lipinski definition) is 2. The van der Waals surface area contributed by atoms with E-state index < -0.39 is 6.36 Å². The topological polar surface area (TPSA) is 38.3 Å². The molecule has 1 N–H and O–H groups in total. The zero-order valence-electron chi connectivity index (χ0n) is 8.76. The van der Waals surface area contributed by atoms with E-state index in [0.29, 0.717) is 16.8 Å². The summed E-state index contributed by atoms with van der Waals surface area (Å²) in [6.07, 6.45) is -3.20. The lowest BCUT2D eigenvalue weighted by molar-refractivity contribution is -0.274. The molecule has 2 rings (SSSR count). The van der Waals surface area contributed by atoms with Crippen molar-refractivity contribution in [2.24, 2.45) is 0 Å². The second-order valence-electron chi connectivity index (χ2n) is 3.41. The van der Waals surface area contributed by atoms with Gasteiger partial charge in [0.25, 0.3) is 5.91 Å². The summed E-state index contributed by atoms with van der Waals surface area (Å²) >= 11 is 0. The average molecular weight is 243 g/mol. The molecule has 0 bridgehead atoms. The van der Waals surface area contributed by atoms with E-state index in [1.165, 1.54) is 12.1 Å². The average Bonchev–Trinajstić information content (AvgIpc) is 2.50. The fraction of sp³-hybridized carbons (Fsp3) is 0.182. The number of halogens is 3. The molecule has 3 nitrogen and oxygen atoms in total. The Morgan fingerprint density at radius 3 is 2.65 bits per heavy atom. The van der Waals surface area contributed by atoms with Crippen LogP contribution in [0.5, 0.6) is 5.75 Å². The van der Waals surface area contributed by atoms with E-state index in [1.54, 1.807) is 13.0 Å². The van der Waals surface area contributed by atoms with Crippen LogP contribution in [-0.4, -0.2) is 12.3 Å². The molecular weight excluding hydrogens is 235 g/mol. The molecule has 1 amide bonds. The van der Waals surface area contributed by atoms with E-state index in [4.69, 9.17) is 0 Å². The number of rotatable bonds is 1. The summed E-state index contributed by atoms with van der Waals surface area (Å²) in [5.41, 5.74) is 1.24. The highest BCUT2D eigenvalue weighted by atomic mass is 19.4. The molecule has 17 heavy (non-hydrogen) atoms. The Kier molecular flexibility index (Phi) is 2.57. The number of anilines is 1. The van der Waals surface area contributed by atoms with Crippen LogP contribution in [0.25, 0.3) is 5.57 Å². The number of hydrogen-bond donors (Lipinski definition) is 1. The third kappa shape index (κ3) is 2.25. The first-order chi connectivity index (χ1) is 7.90. The van der Waals surface area contributed by atoms with Crippen molar-refractivity contribution >= 4 is 17.2 Å². The van der Waals surface area contributed by atoms with Crippen LogP contribution in [-0.2, 0) is 4.79 Å². The summed E-state index contributed by atoms with van der Waals surface area (Å²) in [6, 6.07) is 3.73. The molecule has 0 saturated heterocycles. The van der Waals surface area contributed by atoms with E-state index in [0.717, 1.165) is 6.07 Å². The van der Waals surface area contributed by atoms with Gasteiger partial charge in [0.15, 0.2) is 0 Å². The molecule has 0 fully saturated rings. The Bertz CT molecular complexity index is 506. The van der Waals surface area contributed by atoms with Crippen LogP contribution in [0.1, 0.15) is 12.5 Å². The third-order valence-electron chi connectivity index (χ3n) is 2.30. The predicted molar refractivity (Wildman–Crippen MR) is 55.4 cm³/mol. The van der Waals surface area contributed by atoms with Gasteiger partial charge in [-0.25, -0.2) is 0 Å². The van der Waals surface area contributed by atoms with Crippen LogP contribution in [0.4, 0.5) is 18.9 Å². The van der Waals surface area contributed by atoms with Crippen molar-refractivity contribution in [3.05, 3.63) is 29.8 Å². The normalized spacial score (nSPS) is 16.9. The molecule has 0 radical (unpaired) electrons. The maximum atomic E-state index is 12.0. The highest BCUT2D eigenvalue weighted by molar-refractivity contribution is 6.31. The lowest BCUT2D eigenvalue weighted by Gasteiger charge is -2.09. The number of alkyl halides is 3. The number of amides is 1. The largest absolute Gasteiger partial charge is 0.573 e. The molecule has 6 heteroatoms. The molecule has 1 aliphatic rings. The van der Waals surface area contributed by atoms with Gasteiger partial charge in [-0.3, -0.25) is 4.79 Å². The third-order valence-corrected chi connectivity index (χ3v) is 2.30. The molecule has 1 aliphatic heterocycles. The monoisotopic (exact) mass is 243 g/mol. The van der Waals surface area contributed by atoms with Crippen LogP contribution >= 0.6 is 0 Å². The number of fused-ring (bicyclic) bond motifs is 1. The predicted octanol–water partition coefficient (Wildman–Crippen LogP) is 2.94. The van der Waals surface area contributed by atoms with Gasteiger partial charge in [-0.1, -0.05) is 6.08 Å². The summed E-state index contributed by atoms with van der Waals surface area (Å²) in [5.74, 6) is -0.668. The highest BCUT2D eigenvalue weighted by Gasteiger charge is 2.32. The fourth-order valence-electron chi connectivity index (χ4n) is 1.65. The summed E-state index contributed by atoms with van der Waals surface area (Å²) in [6.45, 7) is 1.64. The Morgan fingerprint density at radius 1 is 1.35 bits per heavy atom. The smallest absolute Gasteiger partial charge is 0.406 e. The van der Waals surface area contributed by atoms with Crippen LogP contribution in [0.2, 0.25) is 0 Å². The molecule has 0 atom stereocenters. The van der Waals surface area contributed by atoms with Crippen LogP contribution < -0.4 is 10.1 Å². The van der Waals surface area contributed by atoms with Gasteiger partial charge in [0.1, 0.15) is 5.75 Å². The Morgan fingerprint density at radius 2 is 2.06 bits per heavy atom. The zero-order chi connectivity index (χ0) is 12.6. The molecule has 1 heterocycles. The first-order valence-corrected chi connectivity index (χ1v) is 4.78. The molecule has 90 valence electrons. The van der Waals surface area contributed by atoms with E-state index >= 15 is 0 Å². The number of carbonyl (C=O) groups is 1. The Balaban J connectivity index is 2.39. The molecule has 0 aliphatic carbocycles. The summed E-state index contributed by atoms with van der Waals surface area (Å²) in [4.78, 5) is 11.4. The Labute approximate surface area is 94.9 Å². The van der Waals surface area contributed by atoms with Gasteiger partial charge >= 0.3 is 6.36 Å². The van der Waals surface area contributed by atoms with Crippen LogP contribution in [0.15, 0.2) is 24.3 Å². The number of nitrogens with one attached hydrogen (secondary N) is 1. The number of allylic oxidation sites excluding steroid dienone is 1. The van der Waals surface area contributed by atoms with Crippen molar-refractivity contribution in [1.82, 2.24) is 0 Å². The van der Waals surface area contributed by atoms with Gasteiger partial charge in [-0.2, -0.15) is 0 Å². The quantitative estimate of drug-likeness (QED) is 0.770. The van der Waals surface area contributed by atoms with Crippen molar-refractivity contribution in [2.45, 2.75) is 13.3 Å². The van der Waals surface area contributed by atoms with E-state index in [1.807, 2.05) is 0 Å². The van der Waals surface area contributed by atoms with Crippen LogP contribution in [0.3, 0.4) is 0 Å². The summed E-state index contributed by atoms with van der Waals surface area (Å²) in [7, 11) is 0. The summed E-state index contributed by atoms with van der Waals surface area (Å²) < 4.78 is 39.9.